The van der Waals surface area contributed by atoms with Crippen LogP contribution in [0.5, 0.6) is 11.5 Å². The van der Waals surface area contributed by atoms with Crippen molar-refractivity contribution in [3.8, 4) is 11.5 Å². The largest absolute Gasteiger partial charge is 0.493 e. The molecule has 8 nitrogen and oxygen atoms in total. The smallest absolute Gasteiger partial charge is 0.446 e. The van der Waals surface area contributed by atoms with Crippen LogP contribution in [0.15, 0.2) is 57.7 Å². The summed E-state index contributed by atoms with van der Waals surface area (Å²) < 4.78 is 16.1. The third kappa shape index (κ3) is 3.75. The molecule has 0 aliphatic heterocycles. The molecule has 0 atom stereocenters. The number of anilines is 1. The Morgan fingerprint density at radius 2 is 1.85 bits per heavy atom. The summed E-state index contributed by atoms with van der Waals surface area (Å²) >= 11 is 0. The van der Waals surface area contributed by atoms with E-state index in [4.69, 9.17) is 13.9 Å². The van der Waals surface area contributed by atoms with Crippen molar-refractivity contribution >= 4 is 11.7 Å². The molecule has 1 N–H and O–H groups in total. The van der Waals surface area contributed by atoms with Gasteiger partial charge in [-0.2, -0.15) is 0 Å². The molecule has 26 heavy (non-hydrogen) atoms. The van der Waals surface area contributed by atoms with Gasteiger partial charge in [0.25, 0.3) is 0 Å². The summed E-state index contributed by atoms with van der Waals surface area (Å²) in [6, 6.07) is 13.4. The maximum atomic E-state index is 12.2. The van der Waals surface area contributed by atoms with E-state index in [0.717, 1.165) is 5.56 Å². The van der Waals surface area contributed by atoms with Crippen molar-refractivity contribution in [2.75, 3.05) is 19.5 Å². The number of aromatic nitrogens is 2. The van der Waals surface area contributed by atoms with E-state index in [9.17, 15) is 9.59 Å². The van der Waals surface area contributed by atoms with Crippen LogP contribution in [0.2, 0.25) is 0 Å². The summed E-state index contributed by atoms with van der Waals surface area (Å²) in [6.45, 7) is 0. The number of carbonyl (C=O) groups excluding carboxylic acids is 1. The first-order valence-corrected chi connectivity index (χ1v) is 7.77. The summed E-state index contributed by atoms with van der Waals surface area (Å²) in [5, 5.41) is 6.53. The molecule has 0 radical (unpaired) electrons. The maximum absolute atomic E-state index is 12.2. The molecular formula is C18H17N3O5. The minimum atomic E-state index is -0.853. The van der Waals surface area contributed by atoms with E-state index >= 15 is 0 Å². The second-order valence-electron chi connectivity index (χ2n) is 5.34. The van der Waals surface area contributed by atoms with Gasteiger partial charge in [-0.15, -0.1) is 9.78 Å². The highest BCUT2D eigenvalue weighted by atomic mass is 16.5. The second kappa shape index (κ2) is 7.56. The van der Waals surface area contributed by atoms with Crippen LogP contribution in [0.25, 0.3) is 0 Å². The molecule has 8 heteroatoms. The van der Waals surface area contributed by atoms with E-state index in [1.54, 1.807) is 49.6 Å². The van der Waals surface area contributed by atoms with Crippen LogP contribution >= 0.6 is 0 Å². The van der Waals surface area contributed by atoms with Crippen LogP contribution in [0.3, 0.4) is 0 Å². The van der Waals surface area contributed by atoms with Crippen LogP contribution in [0.1, 0.15) is 11.5 Å². The van der Waals surface area contributed by atoms with Gasteiger partial charge in [0.2, 0.25) is 5.89 Å². The number of methoxy groups -OCH3 is 2. The summed E-state index contributed by atoms with van der Waals surface area (Å²) in [5.74, 6) is 0.401. The zero-order valence-corrected chi connectivity index (χ0v) is 14.3. The topological polar surface area (TPSA) is 95.6 Å². The minimum absolute atomic E-state index is 0.116. The van der Waals surface area contributed by atoms with E-state index in [-0.39, 0.29) is 12.3 Å². The molecule has 3 aromatic rings. The van der Waals surface area contributed by atoms with E-state index in [1.807, 2.05) is 6.07 Å². The summed E-state index contributed by atoms with van der Waals surface area (Å²) in [5.41, 5.74) is 1.34. The van der Waals surface area contributed by atoms with Gasteiger partial charge in [0.05, 0.1) is 20.6 Å². The lowest BCUT2D eigenvalue weighted by molar-refractivity contribution is 0.249. The molecule has 0 bridgehead atoms. The summed E-state index contributed by atoms with van der Waals surface area (Å²) in [4.78, 5) is 24.1. The number of para-hydroxylation sites is 1. The Kier molecular flexibility index (Phi) is 5.02. The Bertz CT molecular complexity index is 962. The third-order valence-electron chi connectivity index (χ3n) is 3.61. The summed E-state index contributed by atoms with van der Waals surface area (Å²) in [7, 11) is 3.08. The Morgan fingerprint density at radius 3 is 2.54 bits per heavy atom. The molecule has 0 saturated carbocycles. The number of hydrogen-bond acceptors (Lipinski definition) is 6. The molecule has 1 amide bonds. The number of nitrogens with one attached hydrogen (secondary N) is 1. The predicted octanol–water partition coefficient (Wildman–Crippen LogP) is 2.52. The van der Waals surface area contributed by atoms with E-state index < -0.39 is 11.8 Å². The van der Waals surface area contributed by atoms with Crippen molar-refractivity contribution in [2.24, 2.45) is 0 Å². The van der Waals surface area contributed by atoms with Crippen molar-refractivity contribution in [1.82, 2.24) is 9.78 Å². The first-order chi connectivity index (χ1) is 12.6. The fourth-order valence-corrected chi connectivity index (χ4v) is 2.38. The lowest BCUT2D eigenvalue weighted by Crippen LogP contribution is -2.29. The molecule has 0 unspecified atom stereocenters. The van der Waals surface area contributed by atoms with Crippen LogP contribution in [0.4, 0.5) is 10.5 Å². The van der Waals surface area contributed by atoms with Crippen molar-refractivity contribution in [3.05, 3.63) is 70.5 Å². The minimum Gasteiger partial charge on any atom is -0.493 e. The fraction of sp³-hybridized carbons (Fsp3) is 0.167. The highest BCUT2D eigenvalue weighted by Gasteiger charge is 2.16. The van der Waals surface area contributed by atoms with Gasteiger partial charge in [-0.05, 0) is 29.8 Å². The number of rotatable bonds is 5. The average Bonchev–Trinajstić information content (AvgIpc) is 3.02. The quantitative estimate of drug-likeness (QED) is 0.755. The standard InChI is InChI=1S/C18H17N3O5/c1-24-14-9-8-12(10-15(14)25-2)11-16-20-21(18(23)26-16)17(22)19-13-6-4-3-5-7-13/h3-10H,11H2,1-2H3,(H,19,22). The number of hydrogen-bond donors (Lipinski definition) is 1. The van der Waals surface area contributed by atoms with Crippen LogP contribution in [0, 0.1) is 0 Å². The second-order valence-corrected chi connectivity index (χ2v) is 5.34. The Hall–Kier alpha value is -3.55. The number of benzene rings is 2. The first-order valence-electron chi connectivity index (χ1n) is 7.77. The highest BCUT2D eigenvalue weighted by molar-refractivity contribution is 5.90. The Labute approximate surface area is 149 Å². The van der Waals surface area contributed by atoms with Crippen LogP contribution in [-0.2, 0) is 6.42 Å². The van der Waals surface area contributed by atoms with E-state index in [1.165, 1.54) is 7.11 Å². The molecule has 2 aromatic carbocycles. The van der Waals surface area contributed by atoms with Crippen molar-refractivity contribution in [1.29, 1.82) is 0 Å². The monoisotopic (exact) mass is 355 g/mol. The molecule has 0 fully saturated rings. The SMILES string of the molecule is COc1ccc(Cc2nn(C(=O)Nc3ccccc3)c(=O)o2)cc1OC. The number of ether oxygens (including phenoxy) is 2. The molecule has 0 aliphatic rings. The van der Waals surface area contributed by atoms with E-state index in [0.29, 0.717) is 21.9 Å². The molecular weight excluding hydrogens is 338 g/mol. The Balaban J connectivity index is 1.78. The molecule has 1 heterocycles. The van der Waals surface area contributed by atoms with Gasteiger partial charge < -0.3 is 19.2 Å². The van der Waals surface area contributed by atoms with Gasteiger partial charge in [0.1, 0.15) is 0 Å². The van der Waals surface area contributed by atoms with Crippen molar-refractivity contribution in [2.45, 2.75) is 6.42 Å². The fourth-order valence-electron chi connectivity index (χ4n) is 2.38. The maximum Gasteiger partial charge on any atom is 0.446 e. The number of amides is 1. The van der Waals surface area contributed by atoms with Gasteiger partial charge in [-0.25, -0.2) is 9.59 Å². The third-order valence-corrected chi connectivity index (χ3v) is 3.61. The zero-order chi connectivity index (χ0) is 18.5. The highest BCUT2D eigenvalue weighted by Crippen LogP contribution is 2.28. The zero-order valence-electron chi connectivity index (χ0n) is 14.3. The van der Waals surface area contributed by atoms with Crippen LogP contribution < -0.4 is 20.5 Å². The summed E-state index contributed by atoms with van der Waals surface area (Å²) in [6.07, 6.45) is 0.223. The average molecular weight is 355 g/mol. The lowest BCUT2D eigenvalue weighted by Gasteiger charge is -2.08. The van der Waals surface area contributed by atoms with E-state index in [2.05, 4.69) is 10.4 Å². The van der Waals surface area contributed by atoms with Gasteiger partial charge in [-0.3, -0.25) is 0 Å². The van der Waals surface area contributed by atoms with Crippen molar-refractivity contribution in [3.63, 3.8) is 0 Å². The number of carbonyl (C=O) groups is 1. The Morgan fingerprint density at radius 1 is 1.12 bits per heavy atom. The van der Waals surface area contributed by atoms with Crippen LogP contribution in [-0.4, -0.2) is 30.0 Å². The van der Waals surface area contributed by atoms with Gasteiger partial charge >= 0.3 is 11.8 Å². The lowest BCUT2D eigenvalue weighted by atomic mass is 10.1. The first kappa shape index (κ1) is 17.3. The normalized spacial score (nSPS) is 10.4. The predicted molar refractivity (Wildman–Crippen MR) is 94.0 cm³/mol. The molecule has 3 rings (SSSR count). The van der Waals surface area contributed by atoms with Gasteiger partial charge in [0, 0.05) is 5.69 Å². The molecule has 1 aromatic heterocycles. The van der Waals surface area contributed by atoms with Gasteiger partial charge in [0.15, 0.2) is 11.5 Å². The number of nitrogens with zero attached hydrogens (tertiary/aromatic N) is 2. The van der Waals surface area contributed by atoms with Crippen molar-refractivity contribution < 1.29 is 18.7 Å². The molecule has 0 aliphatic carbocycles. The van der Waals surface area contributed by atoms with Gasteiger partial charge in [-0.1, -0.05) is 24.3 Å². The molecule has 0 saturated heterocycles. The molecule has 134 valence electrons. The molecule has 0 spiro atoms.